The van der Waals surface area contributed by atoms with Gasteiger partial charge in [-0.1, -0.05) is 6.07 Å². The van der Waals surface area contributed by atoms with Crippen LogP contribution in [0, 0.1) is 0 Å². The molecule has 1 aliphatic heterocycles. The molecule has 5 nitrogen and oxygen atoms in total. The normalized spacial score (nSPS) is 16.1. The predicted molar refractivity (Wildman–Crippen MR) is 77.2 cm³/mol. The Morgan fingerprint density at radius 1 is 1.30 bits per heavy atom. The minimum atomic E-state index is 0.0325. The van der Waals surface area contributed by atoms with Crippen molar-refractivity contribution in [1.82, 2.24) is 4.90 Å². The van der Waals surface area contributed by atoms with Crippen LogP contribution in [-0.4, -0.2) is 44.7 Å². The van der Waals surface area contributed by atoms with Gasteiger partial charge in [-0.05, 0) is 30.4 Å². The van der Waals surface area contributed by atoms with E-state index >= 15 is 0 Å². The molecule has 0 saturated carbocycles. The molecule has 1 amide bonds. The molecule has 2 N–H and O–H groups in total. The van der Waals surface area contributed by atoms with Gasteiger partial charge in [0.2, 0.25) is 5.91 Å². The van der Waals surface area contributed by atoms with E-state index in [2.05, 4.69) is 6.07 Å². The largest absolute Gasteiger partial charge is 0.497 e. The number of hydrogen-bond donors (Lipinski definition) is 1. The van der Waals surface area contributed by atoms with Crippen molar-refractivity contribution in [2.75, 3.05) is 33.9 Å². The summed E-state index contributed by atoms with van der Waals surface area (Å²) in [6, 6.07) is 5.92. The lowest BCUT2D eigenvalue weighted by Crippen LogP contribution is -2.41. The molecule has 1 aliphatic rings. The average Bonchev–Trinajstić information content (AvgIpc) is 2.53. The van der Waals surface area contributed by atoms with Gasteiger partial charge in [-0.2, -0.15) is 0 Å². The Bertz CT molecular complexity index is 468. The SMILES string of the molecule is COc1ccc(C2CCN(C(=O)CN)CC2)c(OC)c1. The average molecular weight is 278 g/mol. The van der Waals surface area contributed by atoms with E-state index in [0.29, 0.717) is 5.92 Å². The highest BCUT2D eigenvalue weighted by molar-refractivity contribution is 5.78. The van der Waals surface area contributed by atoms with Crippen LogP contribution in [0.3, 0.4) is 0 Å². The molecule has 5 heteroatoms. The highest BCUT2D eigenvalue weighted by Crippen LogP contribution is 2.36. The number of ether oxygens (including phenoxy) is 2. The molecule has 1 heterocycles. The summed E-state index contributed by atoms with van der Waals surface area (Å²) in [5.41, 5.74) is 6.59. The Morgan fingerprint density at radius 3 is 2.55 bits per heavy atom. The molecule has 110 valence electrons. The summed E-state index contributed by atoms with van der Waals surface area (Å²) in [5.74, 6) is 2.09. The lowest BCUT2D eigenvalue weighted by molar-refractivity contribution is -0.130. The maximum atomic E-state index is 11.6. The zero-order valence-corrected chi connectivity index (χ0v) is 12.1. The van der Waals surface area contributed by atoms with Gasteiger partial charge in [-0.15, -0.1) is 0 Å². The summed E-state index contributed by atoms with van der Waals surface area (Å²) < 4.78 is 10.7. The molecule has 2 rings (SSSR count). The number of carbonyl (C=O) groups excluding carboxylic acids is 1. The monoisotopic (exact) mass is 278 g/mol. The maximum Gasteiger partial charge on any atom is 0.236 e. The second kappa shape index (κ2) is 6.61. The molecule has 20 heavy (non-hydrogen) atoms. The van der Waals surface area contributed by atoms with E-state index in [9.17, 15) is 4.79 Å². The highest BCUT2D eigenvalue weighted by Gasteiger charge is 2.25. The molecule has 0 atom stereocenters. The van der Waals surface area contributed by atoms with Crippen molar-refractivity contribution >= 4 is 5.91 Å². The van der Waals surface area contributed by atoms with Crippen molar-refractivity contribution in [2.24, 2.45) is 5.73 Å². The zero-order chi connectivity index (χ0) is 14.5. The topological polar surface area (TPSA) is 64.8 Å². The number of likely N-dealkylation sites (tertiary alicyclic amines) is 1. The summed E-state index contributed by atoms with van der Waals surface area (Å²) in [6.45, 7) is 1.61. The van der Waals surface area contributed by atoms with Gasteiger partial charge < -0.3 is 20.1 Å². The number of nitrogens with two attached hydrogens (primary N) is 1. The van der Waals surface area contributed by atoms with Crippen LogP contribution >= 0.6 is 0 Å². The second-order valence-corrected chi connectivity index (χ2v) is 4.97. The number of rotatable bonds is 4. The Labute approximate surface area is 119 Å². The summed E-state index contributed by atoms with van der Waals surface area (Å²) in [5, 5.41) is 0. The van der Waals surface area contributed by atoms with Gasteiger partial charge in [-0.25, -0.2) is 0 Å². The van der Waals surface area contributed by atoms with Crippen molar-refractivity contribution in [1.29, 1.82) is 0 Å². The van der Waals surface area contributed by atoms with Crippen molar-refractivity contribution in [2.45, 2.75) is 18.8 Å². The van der Waals surface area contributed by atoms with E-state index in [-0.39, 0.29) is 12.5 Å². The standard InChI is InChI=1S/C15H22N2O3/c1-19-12-3-4-13(14(9-12)20-2)11-5-7-17(8-6-11)15(18)10-16/h3-4,9,11H,5-8,10,16H2,1-2H3. The third kappa shape index (κ3) is 3.04. The van der Waals surface area contributed by atoms with Gasteiger partial charge >= 0.3 is 0 Å². The third-order valence-corrected chi connectivity index (χ3v) is 3.90. The van der Waals surface area contributed by atoms with Crippen LogP contribution in [0.1, 0.15) is 24.3 Å². The molecule has 0 spiro atoms. The number of methoxy groups -OCH3 is 2. The molecule has 1 aromatic rings. The molecule has 0 aromatic heterocycles. The Kier molecular flexibility index (Phi) is 4.84. The molecule has 1 fully saturated rings. The molecule has 1 aromatic carbocycles. The van der Waals surface area contributed by atoms with Crippen LogP contribution in [0.4, 0.5) is 0 Å². The first-order chi connectivity index (χ1) is 9.69. The van der Waals surface area contributed by atoms with Crippen molar-refractivity contribution in [3.8, 4) is 11.5 Å². The van der Waals surface area contributed by atoms with Crippen LogP contribution in [-0.2, 0) is 4.79 Å². The highest BCUT2D eigenvalue weighted by atomic mass is 16.5. The molecule has 0 radical (unpaired) electrons. The fourth-order valence-electron chi connectivity index (χ4n) is 2.72. The number of benzene rings is 1. The Morgan fingerprint density at radius 2 is 2.00 bits per heavy atom. The first-order valence-electron chi connectivity index (χ1n) is 6.89. The summed E-state index contributed by atoms with van der Waals surface area (Å²) >= 11 is 0. The predicted octanol–water partition coefficient (Wildman–Crippen LogP) is 1.37. The van der Waals surface area contributed by atoms with Crippen LogP contribution in [0.15, 0.2) is 18.2 Å². The maximum absolute atomic E-state index is 11.6. The van der Waals surface area contributed by atoms with Gasteiger partial charge in [0.1, 0.15) is 11.5 Å². The minimum Gasteiger partial charge on any atom is -0.497 e. The number of hydrogen-bond acceptors (Lipinski definition) is 4. The van der Waals surface area contributed by atoms with E-state index in [0.717, 1.165) is 37.4 Å². The van der Waals surface area contributed by atoms with E-state index in [4.69, 9.17) is 15.2 Å². The van der Waals surface area contributed by atoms with Gasteiger partial charge in [0.15, 0.2) is 0 Å². The number of nitrogens with zero attached hydrogens (tertiary/aromatic N) is 1. The fourth-order valence-corrected chi connectivity index (χ4v) is 2.72. The second-order valence-electron chi connectivity index (χ2n) is 4.97. The third-order valence-electron chi connectivity index (χ3n) is 3.90. The summed E-state index contributed by atoms with van der Waals surface area (Å²) in [6.07, 6.45) is 1.88. The van der Waals surface area contributed by atoms with Gasteiger partial charge in [-0.3, -0.25) is 4.79 Å². The molecule has 1 saturated heterocycles. The first-order valence-corrected chi connectivity index (χ1v) is 6.89. The number of amides is 1. The Hall–Kier alpha value is -1.75. The van der Waals surface area contributed by atoms with E-state index in [1.165, 1.54) is 5.56 Å². The fraction of sp³-hybridized carbons (Fsp3) is 0.533. The molecule has 0 aliphatic carbocycles. The summed E-state index contributed by atoms with van der Waals surface area (Å²) in [4.78, 5) is 13.4. The number of carbonyl (C=O) groups is 1. The zero-order valence-electron chi connectivity index (χ0n) is 12.1. The van der Waals surface area contributed by atoms with Gasteiger partial charge in [0.05, 0.1) is 20.8 Å². The lowest BCUT2D eigenvalue weighted by atomic mass is 9.88. The van der Waals surface area contributed by atoms with Gasteiger partial charge in [0, 0.05) is 19.2 Å². The van der Waals surface area contributed by atoms with Crippen LogP contribution in [0.25, 0.3) is 0 Å². The molecule has 0 unspecified atom stereocenters. The van der Waals surface area contributed by atoms with Gasteiger partial charge in [0.25, 0.3) is 0 Å². The summed E-state index contributed by atoms with van der Waals surface area (Å²) in [7, 11) is 3.32. The van der Waals surface area contributed by atoms with Crippen LogP contribution in [0.2, 0.25) is 0 Å². The number of piperidine rings is 1. The molecular weight excluding hydrogens is 256 g/mol. The smallest absolute Gasteiger partial charge is 0.236 e. The first kappa shape index (κ1) is 14.7. The Balaban J connectivity index is 2.08. The van der Waals surface area contributed by atoms with E-state index in [1.54, 1.807) is 14.2 Å². The molecule has 0 bridgehead atoms. The van der Waals surface area contributed by atoms with E-state index < -0.39 is 0 Å². The van der Waals surface area contributed by atoms with Crippen molar-refractivity contribution in [3.05, 3.63) is 23.8 Å². The lowest BCUT2D eigenvalue weighted by Gasteiger charge is -2.32. The molecular formula is C15H22N2O3. The minimum absolute atomic E-state index is 0.0325. The van der Waals surface area contributed by atoms with Crippen molar-refractivity contribution in [3.63, 3.8) is 0 Å². The quantitative estimate of drug-likeness (QED) is 0.903. The van der Waals surface area contributed by atoms with E-state index in [1.807, 2.05) is 17.0 Å². The van der Waals surface area contributed by atoms with Crippen LogP contribution < -0.4 is 15.2 Å². The van der Waals surface area contributed by atoms with Crippen LogP contribution in [0.5, 0.6) is 11.5 Å². The van der Waals surface area contributed by atoms with Crippen molar-refractivity contribution < 1.29 is 14.3 Å².